The number of hydrogen-bond donors (Lipinski definition) is 0. The van der Waals surface area contributed by atoms with E-state index in [2.05, 4.69) is 0 Å². The summed E-state index contributed by atoms with van der Waals surface area (Å²) in [6, 6.07) is 16.4. The molecule has 1 saturated carbocycles. The van der Waals surface area contributed by atoms with E-state index in [1.165, 1.54) is 6.07 Å². The van der Waals surface area contributed by atoms with Gasteiger partial charge in [-0.3, -0.25) is 0 Å². The Morgan fingerprint density at radius 3 is 2.44 bits per heavy atom. The van der Waals surface area contributed by atoms with Crippen molar-refractivity contribution in [1.29, 1.82) is 0 Å². The molecule has 0 radical (unpaired) electrons. The lowest BCUT2D eigenvalue weighted by molar-refractivity contribution is -0.660. The lowest BCUT2D eigenvalue weighted by Gasteiger charge is -2.18. The molecule has 2 heterocycles. The third kappa shape index (κ3) is 3.18. The molecule has 180 valence electrons. The molecule has 0 unspecified atom stereocenters. The van der Waals surface area contributed by atoms with E-state index in [-0.39, 0.29) is 23.1 Å². The van der Waals surface area contributed by atoms with Crippen molar-refractivity contribution in [3.63, 3.8) is 0 Å². The molecule has 0 bridgehead atoms. The van der Waals surface area contributed by atoms with Crippen LogP contribution in [-0.2, 0) is 19.8 Å². The molecule has 1 fully saturated rings. The van der Waals surface area contributed by atoms with Gasteiger partial charge >= 0.3 is 0 Å². The van der Waals surface area contributed by atoms with Gasteiger partial charge in [0.1, 0.15) is 24.0 Å². The fraction of sp³-hybridized carbons (Fsp3) is 0.303. The van der Waals surface area contributed by atoms with Crippen LogP contribution < -0.4 is 4.57 Å². The first-order chi connectivity index (χ1) is 19.4. The van der Waals surface area contributed by atoms with Gasteiger partial charge in [0.25, 0.3) is 0 Å². The van der Waals surface area contributed by atoms with Crippen molar-refractivity contribution in [2.75, 3.05) is 0 Å². The van der Waals surface area contributed by atoms with Crippen molar-refractivity contribution >= 4 is 21.9 Å². The zero-order chi connectivity index (χ0) is 28.9. The van der Waals surface area contributed by atoms with Crippen molar-refractivity contribution in [2.24, 2.45) is 7.05 Å². The molecule has 2 aliphatic carbocycles. The summed E-state index contributed by atoms with van der Waals surface area (Å²) in [5.74, 6) is -1.53. The number of benzene rings is 3. The summed E-state index contributed by atoms with van der Waals surface area (Å²) in [7, 11) is 1.96. The molecule has 36 heavy (non-hydrogen) atoms. The first-order valence-corrected chi connectivity index (χ1v) is 12.7. The lowest BCUT2D eigenvalue weighted by atomic mass is 9.86. The van der Waals surface area contributed by atoms with E-state index in [9.17, 15) is 1.37 Å². The average molecular weight is 482 g/mol. The Morgan fingerprint density at radius 2 is 1.64 bits per heavy atom. The van der Waals surface area contributed by atoms with E-state index in [4.69, 9.17) is 9.90 Å². The topological polar surface area (TPSA) is 17.0 Å². The van der Waals surface area contributed by atoms with Crippen molar-refractivity contribution in [3.05, 3.63) is 88.9 Å². The van der Waals surface area contributed by atoms with Crippen molar-refractivity contribution < 1.29 is 20.2 Å². The summed E-state index contributed by atoms with van der Waals surface area (Å²) in [5.41, 5.74) is 5.12. The molecule has 0 amide bonds. The summed E-state index contributed by atoms with van der Waals surface area (Å²) in [6.45, 7) is 2.01. The second kappa shape index (κ2) is 8.30. The molecule has 0 atom stereocenters. The minimum atomic E-state index is -2.04. The number of rotatable bonds is 3. The Kier molecular flexibility index (Phi) is 3.94. The zero-order valence-electron chi connectivity index (χ0n) is 25.5. The number of hydrogen-bond acceptors (Lipinski definition) is 1. The quantitative estimate of drug-likeness (QED) is 0.237. The Bertz CT molecular complexity index is 1890. The molecule has 0 saturated heterocycles. The molecule has 3 aromatic carbocycles. The third-order valence-corrected chi connectivity index (χ3v) is 7.87. The molecule has 0 N–H and O–H groups in total. The summed E-state index contributed by atoms with van der Waals surface area (Å²) >= 11 is 0. The van der Waals surface area contributed by atoms with Crippen molar-refractivity contribution in [1.82, 2.24) is 0 Å². The van der Waals surface area contributed by atoms with Gasteiger partial charge in [0.2, 0.25) is 5.69 Å². The van der Waals surface area contributed by atoms with E-state index in [0.29, 0.717) is 40.5 Å². The van der Waals surface area contributed by atoms with Gasteiger partial charge in [-0.1, -0.05) is 37.1 Å². The van der Waals surface area contributed by atoms with Crippen LogP contribution in [0.3, 0.4) is 0 Å². The third-order valence-electron chi connectivity index (χ3n) is 7.87. The maximum atomic E-state index is 16.0. The largest absolute Gasteiger partial charge is 0.454 e. The minimum absolute atomic E-state index is 0.134. The highest BCUT2D eigenvalue weighted by Crippen LogP contribution is 2.46. The first-order valence-electron chi connectivity index (χ1n) is 15.2. The van der Waals surface area contributed by atoms with Gasteiger partial charge in [-0.25, -0.2) is 8.96 Å². The molecular weight excluding hydrogens is 445 g/mol. The molecule has 5 aromatic rings. The molecule has 2 nitrogen and oxygen atoms in total. The number of aromatic nitrogens is 1. The highest BCUT2D eigenvalue weighted by molar-refractivity contribution is 6.13. The van der Waals surface area contributed by atoms with Gasteiger partial charge in [-0.05, 0) is 90.8 Å². The minimum Gasteiger partial charge on any atom is -0.454 e. The van der Waals surface area contributed by atoms with Gasteiger partial charge in [-0.2, -0.15) is 0 Å². The van der Waals surface area contributed by atoms with Gasteiger partial charge < -0.3 is 4.42 Å². The monoisotopic (exact) mass is 481 g/mol. The summed E-state index contributed by atoms with van der Waals surface area (Å²) in [4.78, 5) is 0. The number of nitrogens with zero attached hydrogens (tertiary/aromatic N) is 1. The van der Waals surface area contributed by atoms with Gasteiger partial charge in [0.15, 0.2) is 6.20 Å². The van der Waals surface area contributed by atoms with Crippen LogP contribution in [-0.4, -0.2) is 0 Å². The molecule has 2 aromatic heterocycles. The number of aryl methyl sites for hydroxylation is 2. The Balaban J connectivity index is 1.57. The second-order valence-electron chi connectivity index (χ2n) is 9.98. The van der Waals surface area contributed by atoms with E-state index in [1.54, 1.807) is 18.2 Å². The molecular formula is C33H31FNO+. The Morgan fingerprint density at radius 1 is 0.889 bits per heavy atom. The zero-order valence-corrected chi connectivity index (χ0v) is 20.5. The standard InChI is InChI=1S/C33H31FNO/c1-20-13-14-26-27-17-18-28(34)31(33(27)36-32(26)30(20)29-12-5-6-19-35(29)2)25-16-15-22(21-8-3-4-9-21)23-10-7-11-24(23)25/h5-6,12-19,21H,3-4,7-11H2,1-2H3/q+1/i10D2,11D2,21D. The predicted molar refractivity (Wildman–Crippen MR) is 144 cm³/mol. The average Bonchev–Trinajstić information content (AvgIpc) is 3.57. The fourth-order valence-corrected chi connectivity index (χ4v) is 6.10. The van der Waals surface area contributed by atoms with Crippen LogP contribution >= 0.6 is 0 Å². The van der Waals surface area contributed by atoms with Crippen molar-refractivity contribution in [3.8, 4) is 22.4 Å². The number of furan rings is 1. The maximum Gasteiger partial charge on any atom is 0.216 e. The van der Waals surface area contributed by atoms with Crippen LogP contribution in [0.5, 0.6) is 0 Å². The number of pyridine rings is 1. The van der Waals surface area contributed by atoms with Crippen LogP contribution in [0.1, 0.15) is 67.1 Å². The molecule has 0 spiro atoms. The highest BCUT2D eigenvalue weighted by Gasteiger charge is 2.28. The normalized spacial score (nSPS) is 21.6. The van der Waals surface area contributed by atoms with Crippen molar-refractivity contribution in [2.45, 2.75) is 57.7 Å². The van der Waals surface area contributed by atoms with Crippen LogP contribution in [0.15, 0.2) is 65.2 Å². The molecule has 7 rings (SSSR count). The molecule has 0 aliphatic heterocycles. The van der Waals surface area contributed by atoms with Gasteiger partial charge in [0.05, 0.1) is 11.1 Å². The Hall–Kier alpha value is -3.46. The highest BCUT2D eigenvalue weighted by atomic mass is 19.1. The summed E-state index contributed by atoms with van der Waals surface area (Å²) in [6.07, 6.45) is 0.528. The second-order valence-corrected chi connectivity index (χ2v) is 9.98. The molecule has 2 aliphatic rings. The van der Waals surface area contributed by atoms with Crippen LogP contribution in [0.2, 0.25) is 0 Å². The van der Waals surface area contributed by atoms with E-state index < -0.39 is 24.5 Å². The van der Waals surface area contributed by atoms with E-state index in [0.717, 1.165) is 35.0 Å². The van der Waals surface area contributed by atoms with Crippen LogP contribution in [0.25, 0.3) is 44.3 Å². The maximum absolute atomic E-state index is 16.0. The van der Waals surface area contributed by atoms with Gasteiger partial charge in [0, 0.05) is 29.8 Å². The van der Waals surface area contributed by atoms with E-state index >= 15 is 4.39 Å². The SMILES string of the molecule is [2H]C1([2H])CC([2H])([2H])c2c(C3([2H])CCCC3)ccc(-c3c(F)ccc4c3oc3c(-c5cccc[n+]5C)c(C)ccc34)c21. The molecule has 3 heteroatoms. The van der Waals surface area contributed by atoms with Crippen LogP contribution in [0.4, 0.5) is 4.39 Å². The first kappa shape index (κ1) is 17.1. The lowest BCUT2D eigenvalue weighted by Crippen LogP contribution is -2.30. The smallest absolute Gasteiger partial charge is 0.216 e. The summed E-state index contributed by atoms with van der Waals surface area (Å²) < 4.78 is 69.3. The van der Waals surface area contributed by atoms with Gasteiger partial charge in [-0.15, -0.1) is 0 Å². The number of halogens is 1. The summed E-state index contributed by atoms with van der Waals surface area (Å²) in [5, 5.41) is 1.54. The number of fused-ring (bicyclic) bond motifs is 4. The van der Waals surface area contributed by atoms with Crippen LogP contribution in [0, 0.1) is 12.7 Å². The Labute approximate surface area is 218 Å². The van der Waals surface area contributed by atoms with E-state index in [1.807, 2.05) is 55.1 Å². The predicted octanol–water partition coefficient (Wildman–Crippen LogP) is 8.34. The fourth-order valence-electron chi connectivity index (χ4n) is 6.10.